The molecular formula is C14H9Cl2IN2O2. The van der Waals surface area contributed by atoms with Gasteiger partial charge in [-0.2, -0.15) is 5.10 Å². The minimum Gasteiger partial charge on any atom is -0.506 e. The maximum atomic E-state index is 11.9. The van der Waals surface area contributed by atoms with Crippen molar-refractivity contribution in [3.63, 3.8) is 0 Å². The van der Waals surface area contributed by atoms with E-state index in [0.29, 0.717) is 16.1 Å². The van der Waals surface area contributed by atoms with Gasteiger partial charge in [-0.15, -0.1) is 0 Å². The molecule has 0 unspecified atom stereocenters. The molecule has 0 aliphatic heterocycles. The number of nitrogens with one attached hydrogen (secondary N) is 1. The second-order valence-corrected chi connectivity index (χ2v) is 6.12. The van der Waals surface area contributed by atoms with Crippen LogP contribution in [0.15, 0.2) is 41.5 Å². The molecular weight excluding hydrogens is 426 g/mol. The Morgan fingerprint density at radius 1 is 1.29 bits per heavy atom. The standard InChI is InChI=1S/C14H9Cl2IN2O2/c15-10-4-9(13(20)12(16)6-10)7-18-19-14(21)8-2-1-3-11(17)5-8/h1-7,20H,(H,19,21). The van der Waals surface area contributed by atoms with Crippen LogP contribution in [0.4, 0.5) is 0 Å². The van der Waals surface area contributed by atoms with Crippen molar-refractivity contribution in [1.29, 1.82) is 0 Å². The topological polar surface area (TPSA) is 61.7 Å². The average Bonchev–Trinajstić information content (AvgIpc) is 2.43. The number of hydrazone groups is 1. The largest absolute Gasteiger partial charge is 0.506 e. The quantitative estimate of drug-likeness (QED) is 0.434. The lowest BCUT2D eigenvalue weighted by atomic mass is 10.2. The molecule has 0 saturated carbocycles. The molecule has 2 aromatic carbocycles. The second kappa shape index (κ2) is 7.11. The fraction of sp³-hybridized carbons (Fsp3) is 0. The van der Waals surface area contributed by atoms with Crippen molar-refractivity contribution in [3.8, 4) is 5.75 Å². The highest BCUT2D eigenvalue weighted by molar-refractivity contribution is 14.1. The molecule has 0 saturated heterocycles. The van der Waals surface area contributed by atoms with Gasteiger partial charge in [0.05, 0.1) is 11.2 Å². The van der Waals surface area contributed by atoms with Crippen LogP contribution < -0.4 is 5.43 Å². The zero-order valence-corrected chi connectivity index (χ0v) is 14.1. The Morgan fingerprint density at radius 2 is 2.05 bits per heavy atom. The van der Waals surface area contributed by atoms with Crippen molar-refractivity contribution in [2.75, 3.05) is 0 Å². The monoisotopic (exact) mass is 434 g/mol. The van der Waals surface area contributed by atoms with Crippen LogP contribution >= 0.6 is 45.8 Å². The second-order valence-electron chi connectivity index (χ2n) is 4.03. The number of amides is 1. The third kappa shape index (κ3) is 4.33. The number of hydrogen-bond acceptors (Lipinski definition) is 3. The van der Waals surface area contributed by atoms with Crippen molar-refractivity contribution >= 4 is 57.9 Å². The molecule has 4 nitrogen and oxygen atoms in total. The first kappa shape index (κ1) is 16.1. The van der Waals surface area contributed by atoms with Gasteiger partial charge in [0.1, 0.15) is 5.75 Å². The molecule has 2 aromatic rings. The molecule has 0 spiro atoms. The first-order valence-corrected chi connectivity index (χ1v) is 7.58. The third-order valence-electron chi connectivity index (χ3n) is 2.51. The highest BCUT2D eigenvalue weighted by atomic mass is 127. The molecule has 21 heavy (non-hydrogen) atoms. The molecule has 0 aromatic heterocycles. The van der Waals surface area contributed by atoms with E-state index in [4.69, 9.17) is 23.2 Å². The molecule has 7 heteroatoms. The number of carbonyl (C=O) groups is 1. The lowest BCUT2D eigenvalue weighted by Gasteiger charge is -2.03. The van der Waals surface area contributed by atoms with Crippen LogP contribution in [0.3, 0.4) is 0 Å². The average molecular weight is 435 g/mol. The van der Waals surface area contributed by atoms with Crippen LogP contribution in [0.5, 0.6) is 5.75 Å². The van der Waals surface area contributed by atoms with Crippen molar-refractivity contribution in [2.45, 2.75) is 0 Å². The van der Waals surface area contributed by atoms with Gasteiger partial charge in [-0.1, -0.05) is 29.3 Å². The summed E-state index contributed by atoms with van der Waals surface area (Å²) in [5, 5.41) is 14.0. The van der Waals surface area contributed by atoms with E-state index in [0.717, 1.165) is 3.57 Å². The van der Waals surface area contributed by atoms with Crippen molar-refractivity contribution in [3.05, 3.63) is 61.1 Å². The van der Waals surface area contributed by atoms with Gasteiger partial charge in [0.2, 0.25) is 0 Å². The van der Waals surface area contributed by atoms with Gasteiger partial charge < -0.3 is 5.11 Å². The number of phenolic OH excluding ortho intramolecular Hbond substituents is 1. The Labute approximate surface area is 144 Å². The van der Waals surface area contributed by atoms with E-state index in [1.807, 2.05) is 6.07 Å². The zero-order chi connectivity index (χ0) is 15.4. The van der Waals surface area contributed by atoms with E-state index in [2.05, 4.69) is 33.1 Å². The van der Waals surface area contributed by atoms with Gasteiger partial charge in [0.15, 0.2) is 0 Å². The van der Waals surface area contributed by atoms with E-state index in [1.165, 1.54) is 18.3 Å². The third-order valence-corrected chi connectivity index (χ3v) is 3.69. The SMILES string of the molecule is O=C(NN=Cc1cc(Cl)cc(Cl)c1O)c1cccc(I)c1. The molecule has 0 aliphatic rings. The van der Waals surface area contributed by atoms with Gasteiger partial charge in [-0.25, -0.2) is 5.43 Å². The van der Waals surface area contributed by atoms with Gasteiger partial charge in [-0.05, 0) is 52.9 Å². The molecule has 1 amide bonds. The molecule has 0 heterocycles. The number of phenols is 1. The first-order valence-electron chi connectivity index (χ1n) is 5.74. The minimum atomic E-state index is -0.350. The Bertz CT molecular complexity index is 720. The van der Waals surface area contributed by atoms with Gasteiger partial charge >= 0.3 is 0 Å². The summed E-state index contributed by atoms with van der Waals surface area (Å²) in [5.41, 5.74) is 3.18. The number of rotatable bonds is 3. The van der Waals surface area contributed by atoms with Crippen LogP contribution in [0.2, 0.25) is 10.0 Å². The zero-order valence-electron chi connectivity index (χ0n) is 10.5. The smallest absolute Gasteiger partial charge is 0.271 e. The summed E-state index contributed by atoms with van der Waals surface area (Å²) in [7, 11) is 0. The van der Waals surface area contributed by atoms with Gasteiger partial charge in [0.25, 0.3) is 5.91 Å². The first-order chi connectivity index (χ1) is 9.97. The number of nitrogens with zero attached hydrogens (tertiary/aromatic N) is 1. The van der Waals surface area contributed by atoms with E-state index in [-0.39, 0.29) is 16.7 Å². The fourth-order valence-corrected chi connectivity index (χ4v) is 2.59. The van der Waals surface area contributed by atoms with E-state index < -0.39 is 0 Å². The lowest BCUT2D eigenvalue weighted by Crippen LogP contribution is -2.17. The van der Waals surface area contributed by atoms with Crippen LogP contribution in [-0.2, 0) is 0 Å². The molecule has 0 atom stereocenters. The Morgan fingerprint density at radius 3 is 2.76 bits per heavy atom. The molecule has 108 valence electrons. The molecule has 0 bridgehead atoms. The van der Waals surface area contributed by atoms with Crippen molar-refractivity contribution in [1.82, 2.24) is 5.43 Å². The van der Waals surface area contributed by atoms with Crippen molar-refractivity contribution < 1.29 is 9.90 Å². The van der Waals surface area contributed by atoms with Gasteiger partial charge in [-0.3, -0.25) is 4.79 Å². The molecule has 2 N–H and O–H groups in total. The number of carbonyl (C=O) groups excluding carboxylic acids is 1. The Kier molecular flexibility index (Phi) is 5.44. The number of benzene rings is 2. The summed E-state index contributed by atoms with van der Waals surface area (Å²) in [5.74, 6) is -0.495. The van der Waals surface area contributed by atoms with Crippen molar-refractivity contribution in [2.24, 2.45) is 5.10 Å². The van der Waals surface area contributed by atoms with Gasteiger partial charge in [0, 0.05) is 19.7 Å². The maximum absolute atomic E-state index is 11.9. The number of halogens is 3. The van der Waals surface area contributed by atoms with Crippen LogP contribution in [0.25, 0.3) is 0 Å². The Balaban J connectivity index is 2.11. The molecule has 0 fully saturated rings. The number of hydrogen-bond donors (Lipinski definition) is 2. The summed E-state index contributed by atoms with van der Waals surface area (Å²) >= 11 is 13.7. The molecule has 2 rings (SSSR count). The van der Waals surface area contributed by atoms with E-state index in [1.54, 1.807) is 18.2 Å². The normalized spacial score (nSPS) is 10.8. The van der Waals surface area contributed by atoms with Crippen LogP contribution in [0.1, 0.15) is 15.9 Å². The van der Waals surface area contributed by atoms with E-state index in [9.17, 15) is 9.90 Å². The van der Waals surface area contributed by atoms with E-state index >= 15 is 0 Å². The lowest BCUT2D eigenvalue weighted by molar-refractivity contribution is 0.0955. The maximum Gasteiger partial charge on any atom is 0.271 e. The highest BCUT2D eigenvalue weighted by Gasteiger charge is 2.07. The summed E-state index contributed by atoms with van der Waals surface area (Å²) in [6.45, 7) is 0. The predicted octanol–water partition coefficient (Wildman–Crippen LogP) is 4.07. The van der Waals surface area contributed by atoms with Crippen LogP contribution in [-0.4, -0.2) is 17.2 Å². The summed E-state index contributed by atoms with van der Waals surface area (Å²) in [6.07, 6.45) is 1.28. The summed E-state index contributed by atoms with van der Waals surface area (Å²) < 4.78 is 0.948. The molecule has 0 radical (unpaired) electrons. The molecule has 0 aliphatic carbocycles. The number of aromatic hydroxyl groups is 1. The summed E-state index contributed by atoms with van der Waals surface area (Å²) in [6, 6.07) is 9.99. The highest BCUT2D eigenvalue weighted by Crippen LogP contribution is 2.29. The predicted molar refractivity (Wildman–Crippen MR) is 92.3 cm³/mol. The summed E-state index contributed by atoms with van der Waals surface area (Å²) in [4.78, 5) is 11.9. The van der Waals surface area contributed by atoms with Crippen LogP contribution in [0, 0.1) is 3.57 Å². The minimum absolute atomic E-state index is 0.118. The Hall–Kier alpha value is -1.31. The fourth-order valence-electron chi connectivity index (χ4n) is 1.54.